The monoisotopic (exact) mass is 243 g/mol. The second-order valence-corrected chi connectivity index (χ2v) is 5.12. The first-order valence-electron chi connectivity index (χ1n) is 5.61. The molecular formula is C10H17N3O2S. The van der Waals surface area contributed by atoms with Crippen molar-refractivity contribution in [3.8, 4) is 0 Å². The van der Waals surface area contributed by atoms with Gasteiger partial charge in [0, 0.05) is 6.04 Å². The molecule has 2 heterocycles. The lowest BCUT2D eigenvalue weighted by Crippen LogP contribution is -2.46. The van der Waals surface area contributed by atoms with Gasteiger partial charge in [-0.1, -0.05) is 0 Å². The molecule has 2 aliphatic rings. The molecule has 2 amide bonds. The standard InChI is InChI=1S/C10H17N3O2S/c14-9(5-13-7-16-6-10(13)15)12-8-1-3-11-4-2-8/h8,11H,1-7H2,(H,12,14). The molecule has 0 unspecified atom stereocenters. The van der Waals surface area contributed by atoms with E-state index >= 15 is 0 Å². The number of carbonyl (C=O) groups excluding carboxylic acids is 2. The van der Waals surface area contributed by atoms with Crippen LogP contribution in [0.3, 0.4) is 0 Å². The summed E-state index contributed by atoms with van der Waals surface area (Å²) in [7, 11) is 0. The van der Waals surface area contributed by atoms with E-state index in [1.807, 2.05) is 0 Å². The van der Waals surface area contributed by atoms with Crippen LogP contribution in [0.5, 0.6) is 0 Å². The minimum atomic E-state index is -0.0252. The predicted octanol–water partition coefficient (Wildman–Crippen LogP) is -0.612. The van der Waals surface area contributed by atoms with Crippen LogP contribution in [0.15, 0.2) is 0 Å². The summed E-state index contributed by atoms with van der Waals surface area (Å²) in [5.74, 6) is 1.22. The number of carbonyl (C=O) groups is 2. The molecule has 0 bridgehead atoms. The molecule has 90 valence electrons. The first kappa shape index (κ1) is 11.7. The van der Waals surface area contributed by atoms with E-state index in [2.05, 4.69) is 10.6 Å². The highest BCUT2D eigenvalue weighted by Gasteiger charge is 2.24. The van der Waals surface area contributed by atoms with Crippen LogP contribution in [0.2, 0.25) is 0 Å². The van der Waals surface area contributed by atoms with Gasteiger partial charge in [0.1, 0.15) is 6.54 Å². The highest BCUT2D eigenvalue weighted by molar-refractivity contribution is 8.00. The summed E-state index contributed by atoms with van der Waals surface area (Å²) in [5.41, 5.74) is 0. The van der Waals surface area contributed by atoms with Gasteiger partial charge in [-0.2, -0.15) is 0 Å². The fraction of sp³-hybridized carbons (Fsp3) is 0.800. The van der Waals surface area contributed by atoms with Crippen molar-refractivity contribution in [1.29, 1.82) is 0 Å². The molecule has 0 aromatic heterocycles. The van der Waals surface area contributed by atoms with Gasteiger partial charge in [-0.05, 0) is 25.9 Å². The van der Waals surface area contributed by atoms with Crippen molar-refractivity contribution >= 4 is 23.6 Å². The van der Waals surface area contributed by atoms with Crippen LogP contribution >= 0.6 is 11.8 Å². The molecule has 2 rings (SSSR count). The zero-order valence-electron chi connectivity index (χ0n) is 9.20. The van der Waals surface area contributed by atoms with Gasteiger partial charge < -0.3 is 15.5 Å². The first-order valence-corrected chi connectivity index (χ1v) is 6.77. The van der Waals surface area contributed by atoms with Crippen molar-refractivity contribution in [2.45, 2.75) is 18.9 Å². The Kier molecular flexibility index (Phi) is 4.06. The lowest BCUT2D eigenvalue weighted by molar-refractivity contribution is -0.132. The van der Waals surface area contributed by atoms with Gasteiger partial charge >= 0.3 is 0 Å². The van der Waals surface area contributed by atoms with Crippen LogP contribution in [0, 0.1) is 0 Å². The van der Waals surface area contributed by atoms with Crippen LogP contribution < -0.4 is 10.6 Å². The number of hydrogen-bond donors (Lipinski definition) is 2. The van der Waals surface area contributed by atoms with Gasteiger partial charge in [-0.3, -0.25) is 9.59 Å². The Hall–Kier alpha value is -0.750. The average Bonchev–Trinajstić information content (AvgIpc) is 2.66. The van der Waals surface area contributed by atoms with E-state index < -0.39 is 0 Å². The van der Waals surface area contributed by atoms with E-state index in [1.165, 1.54) is 0 Å². The molecule has 2 saturated heterocycles. The van der Waals surface area contributed by atoms with Gasteiger partial charge in [0.2, 0.25) is 11.8 Å². The minimum Gasteiger partial charge on any atom is -0.352 e. The normalized spacial score (nSPS) is 22.5. The highest BCUT2D eigenvalue weighted by Crippen LogP contribution is 2.14. The maximum atomic E-state index is 11.7. The third-order valence-electron chi connectivity index (χ3n) is 2.86. The van der Waals surface area contributed by atoms with Crippen LogP contribution in [-0.2, 0) is 9.59 Å². The van der Waals surface area contributed by atoms with Gasteiger partial charge in [-0.25, -0.2) is 0 Å². The zero-order chi connectivity index (χ0) is 11.4. The predicted molar refractivity (Wildman–Crippen MR) is 63.1 cm³/mol. The highest BCUT2D eigenvalue weighted by atomic mass is 32.2. The van der Waals surface area contributed by atoms with E-state index in [9.17, 15) is 9.59 Å². The number of nitrogens with one attached hydrogen (secondary N) is 2. The Morgan fingerprint density at radius 2 is 2.25 bits per heavy atom. The summed E-state index contributed by atoms with van der Waals surface area (Å²) in [4.78, 5) is 24.6. The summed E-state index contributed by atoms with van der Waals surface area (Å²) in [6, 6.07) is 0.277. The maximum Gasteiger partial charge on any atom is 0.239 e. The minimum absolute atomic E-state index is 0.0252. The molecule has 5 nitrogen and oxygen atoms in total. The largest absolute Gasteiger partial charge is 0.352 e. The summed E-state index contributed by atoms with van der Waals surface area (Å²) in [6.07, 6.45) is 1.96. The number of amides is 2. The number of rotatable bonds is 3. The topological polar surface area (TPSA) is 61.4 Å². The van der Waals surface area contributed by atoms with Gasteiger partial charge in [0.05, 0.1) is 11.6 Å². The SMILES string of the molecule is O=C(CN1CSCC1=O)NC1CCNCC1. The molecule has 0 aromatic rings. The summed E-state index contributed by atoms with van der Waals surface area (Å²) in [6.45, 7) is 2.14. The molecule has 0 aromatic carbocycles. The molecule has 0 atom stereocenters. The lowest BCUT2D eigenvalue weighted by atomic mass is 10.1. The fourth-order valence-corrected chi connectivity index (χ4v) is 2.86. The molecular weight excluding hydrogens is 226 g/mol. The van der Waals surface area contributed by atoms with Crippen molar-refractivity contribution in [2.75, 3.05) is 31.3 Å². The molecule has 2 aliphatic heterocycles. The molecule has 2 N–H and O–H groups in total. The quantitative estimate of drug-likeness (QED) is 0.694. The van der Waals surface area contributed by atoms with Crippen molar-refractivity contribution in [3.63, 3.8) is 0 Å². The Bertz CT molecular complexity index is 279. The second kappa shape index (κ2) is 5.54. The van der Waals surface area contributed by atoms with E-state index in [0.29, 0.717) is 11.6 Å². The van der Waals surface area contributed by atoms with Gasteiger partial charge in [-0.15, -0.1) is 11.8 Å². The third-order valence-corrected chi connectivity index (χ3v) is 3.81. The lowest BCUT2D eigenvalue weighted by Gasteiger charge is -2.24. The zero-order valence-corrected chi connectivity index (χ0v) is 10.0. The third kappa shape index (κ3) is 3.12. The van der Waals surface area contributed by atoms with E-state index in [4.69, 9.17) is 0 Å². The number of piperidine rings is 1. The molecule has 2 fully saturated rings. The van der Waals surface area contributed by atoms with Crippen LogP contribution in [0.25, 0.3) is 0 Å². The van der Waals surface area contributed by atoms with E-state index in [0.717, 1.165) is 25.9 Å². The Balaban J connectivity index is 1.72. The number of thioether (sulfide) groups is 1. The van der Waals surface area contributed by atoms with Gasteiger partial charge in [0.25, 0.3) is 0 Å². The van der Waals surface area contributed by atoms with Crippen LogP contribution in [0.1, 0.15) is 12.8 Å². The Morgan fingerprint density at radius 3 is 2.88 bits per heavy atom. The summed E-state index contributed by atoms with van der Waals surface area (Å²) >= 11 is 1.56. The first-order chi connectivity index (χ1) is 7.75. The van der Waals surface area contributed by atoms with Crippen molar-refractivity contribution in [2.24, 2.45) is 0 Å². The summed E-state index contributed by atoms with van der Waals surface area (Å²) in [5, 5.41) is 6.23. The molecule has 0 aliphatic carbocycles. The van der Waals surface area contributed by atoms with Crippen molar-refractivity contribution in [1.82, 2.24) is 15.5 Å². The number of hydrogen-bond acceptors (Lipinski definition) is 4. The van der Waals surface area contributed by atoms with Crippen molar-refractivity contribution < 1.29 is 9.59 Å². The molecule has 0 saturated carbocycles. The molecule has 6 heteroatoms. The number of nitrogens with zero attached hydrogens (tertiary/aromatic N) is 1. The average molecular weight is 243 g/mol. The van der Waals surface area contributed by atoms with Crippen molar-refractivity contribution in [3.05, 3.63) is 0 Å². The smallest absolute Gasteiger partial charge is 0.239 e. The van der Waals surface area contributed by atoms with E-state index in [1.54, 1.807) is 16.7 Å². The Labute approximate surface area is 99.3 Å². The Morgan fingerprint density at radius 1 is 1.50 bits per heavy atom. The van der Waals surface area contributed by atoms with Crippen LogP contribution in [-0.4, -0.2) is 54.0 Å². The fourth-order valence-electron chi connectivity index (χ4n) is 1.95. The molecule has 0 radical (unpaired) electrons. The summed E-state index contributed by atoms with van der Waals surface area (Å²) < 4.78 is 0. The van der Waals surface area contributed by atoms with Crippen LogP contribution in [0.4, 0.5) is 0 Å². The second-order valence-electron chi connectivity index (χ2n) is 4.16. The maximum absolute atomic E-state index is 11.7. The molecule has 16 heavy (non-hydrogen) atoms. The van der Waals surface area contributed by atoms with E-state index in [-0.39, 0.29) is 24.4 Å². The van der Waals surface area contributed by atoms with Gasteiger partial charge in [0.15, 0.2) is 0 Å². The molecule has 0 spiro atoms.